The first-order valence-electron chi connectivity index (χ1n) is 6.37. The smallest absolute Gasteiger partial charge is 0.0433 e. The van der Waals surface area contributed by atoms with Crippen molar-refractivity contribution < 1.29 is 0 Å². The predicted molar refractivity (Wildman–Crippen MR) is 76.3 cm³/mol. The molecule has 1 heterocycles. The van der Waals surface area contributed by atoms with Crippen molar-refractivity contribution >= 4 is 11.8 Å². The second kappa shape index (κ2) is 5.89. The van der Waals surface area contributed by atoms with Crippen LogP contribution in [0.2, 0.25) is 0 Å². The molecule has 0 radical (unpaired) electrons. The molecule has 2 nitrogen and oxygen atoms in total. The largest absolute Gasteiger partial charge is 0.329 e. The third kappa shape index (κ3) is 2.84. The first kappa shape index (κ1) is 12.9. The Balaban J connectivity index is 2.10. The quantitative estimate of drug-likeness (QED) is 0.870. The Kier molecular flexibility index (Phi) is 4.48. The van der Waals surface area contributed by atoms with Crippen LogP contribution in [0, 0.1) is 0 Å². The fraction of sp³-hybridized carbons (Fsp3) is 0.571. The van der Waals surface area contributed by atoms with Crippen LogP contribution in [0.4, 0.5) is 0 Å². The third-order valence-electron chi connectivity index (χ3n) is 3.73. The van der Waals surface area contributed by atoms with Crippen LogP contribution >= 0.6 is 11.8 Å². The van der Waals surface area contributed by atoms with Crippen LogP contribution < -0.4 is 5.73 Å². The SMILES string of the molecule is CCN(Cc1ccccc1)C1(CN)CCSC1. The lowest BCUT2D eigenvalue weighted by Crippen LogP contribution is -2.53. The topological polar surface area (TPSA) is 29.3 Å². The van der Waals surface area contributed by atoms with Gasteiger partial charge < -0.3 is 5.73 Å². The molecule has 0 spiro atoms. The molecule has 1 aromatic carbocycles. The van der Waals surface area contributed by atoms with Gasteiger partial charge in [0.05, 0.1) is 0 Å². The zero-order valence-electron chi connectivity index (χ0n) is 10.6. The van der Waals surface area contributed by atoms with Gasteiger partial charge in [-0.1, -0.05) is 37.3 Å². The van der Waals surface area contributed by atoms with Gasteiger partial charge in [-0.15, -0.1) is 0 Å². The Labute approximate surface area is 109 Å². The highest BCUT2D eigenvalue weighted by atomic mass is 32.2. The Morgan fingerprint density at radius 3 is 2.65 bits per heavy atom. The van der Waals surface area contributed by atoms with E-state index in [9.17, 15) is 0 Å². The van der Waals surface area contributed by atoms with E-state index < -0.39 is 0 Å². The Morgan fingerprint density at radius 1 is 1.35 bits per heavy atom. The minimum absolute atomic E-state index is 0.231. The molecule has 2 rings (SSSR count). The first-order chi connectivity index (χ1) is 8.30. The lowest BCUT2D eigenvalue weighted by Gasteiger charge is -2.39. The number of likely N-dealkylation sites (N-methyl/N-ethyl adjacent to an activating group) is 1. The summed E-state index contributed by atoms with van der Waals surface area (Å²) >= 11 is 2.04. The van der Waals surface area contributed by atoms with Crippen molar-refractivity contribution in [1.82, 2.24) is 4.90 Å². The van der Waals surface area contributed by atoms with Crippen LogP contribution in [0.1, 0.15) is 18.9 Å². The van der Waals surface area contributed by atoms with Crippen LogP contribution in [0.15, 0.2) is 30.3 Å². The van der Waals surface area contributed by atoms with E-state index in [0.29, 0.717) is 0 Å². The fourth-order valence-electron chi connectivity index (χ4n) is 2.55. The molecule has 1 fully saturated rings. The normalized spacial score (nSPS) is 24.4. The van der Waals surface area contributed by atoms with Gasteiger partial charge in [0, 0.05) is 24.4 Å². The molecule has 0 aliphatic carbocycles. The fourth-order valence-corrected chi connectivity index (χ4v) is 4.05. The maximum atomic E-state index is 6.04. The highest BCUT2D eigenvalue weighted by molar-refractivity contribution is 7.99. The third-order valence-corrected chi connectivity index (χ3v) is 4.97. The number of hydrogen-bond acceptors (Lipinski definition) is 3. The number of nitrogens with zero attached hydrogens (tertiary/aromatic N) is 1. The predicted octanol–water partition coefficient (Wildman–Crippen LogP) is 2.34. The van der Waals surface area contributed by atoms with Gasteiger partial charge in [-0.3, -0.25) is 4.90 Å². The lowest BCUT2D eigenvalue weighted by molar-refractivity contribution is 0.115. The molecule has 1 aromatic rings. The van der Waals surface area contributed by atoms with Crippen LogP contribution in [0.25, 0.3) is 0 Å². The molecule has 3 heteroatoms. The van der Waals surface area contributed by atoms with E-state index in [0.717, 1.165) is 19.6 Å². The Hall–Kier alpha value is -0.510. The molecule has 94 valence electrons. The summed E-state index contributed by atoms with van der Waals surface area (Å²) in [6, 6.07) is 10.7. The van der Waals surface area contributed by atoms with Crippen LogP contribution in [-0.4, -0.2) is 35.0 Å². The number of hydrogen-bond donors (Lipinski definition) is 1. The standard InChI is InChI=1S/C14H22N2S/c1-2-16(10-13-6-4-3-5-7-13)14(11-15)8-9-17-12-14/h3-7H,2,8-12,15H2,1H3. The van der Waals surface area contributed by atoms with E-state index in [1.807, 2.05) is 11.8 Å². The Morgan fingerprint density at radius 2 is 2.12 bits per heavy atom. The summed E-state index contributed by atoms with van der Waals surface area (Å²) < 4.78 is 0. The number of benzene rings is 1. The summed E-state index contributed by atoms with van der Waals surface area (Å²) in [6.45, 7) is 5.12. The van der Waals surface area contributed by atoms with Gasteiger partial charge in [0.15, 0.2) is 0 Å². The second-order valence-corrected chi connectivity index (χ2v) is 5.84. The van der Waals surface area contributed by atoms with E-state index in [1.54, 1.807) is 0 Å². The average molecular weight is 250 g/mol. The van der Waals surface area contributed by atoms with Crippen molar-refractivity contribution in [3.63, 3.8) is 0 Å². The molecule has 1 unspecified atom stereocenters. The van der Waals surface area contributed by atoms with Gasteiger partial charge in [0.2, 0.25) is 0 Å². The Bertz CT molecular complexity index is 333. The summed E-state index contributed by atoms with van der Waals surface area (Å²) in [5, 5.41) is 0. The molecule has 0 saturated carbocycles. The number of thioether (sulfide) groups is 1. The molecule has 1 atom stereocenters. The van der Waals surface area contributed by atoms with Crippen molar-refractivity contribution in [2.45, 2.75) is 25.4 Å². The molecule has 17 heavy (non-hydrogen) atoms. The van der Waals surface area contributed by atoms with E-state index in [2.05, 4.69) is 42.2 Å². The number of rotatable bonds is 5. The van der Waals surface area contributed by atoms with E-state index >= 15 is 0 Å². The molecule has 0 aromatic heterocycles. The molecule has 0 amide bonds. The molecule has 1 aliphatic heterocycles. The van der Waals surface area contributed by atoms with E-state index in [4.69, 9.17) is 5.73 Å². The van der Waals surface area contributed by atoms with E-state index in [-0.39, 0.29) is 5.54 Å². The zero-order chi connectivity index (χ0) is 12.1. The van der Waals surface area contributed by atoms with Gasteiger partial charge in [-0.25, -0.2) is 0 Å². The van der Waals surface area contributed by atoms with Gasteiger partial charge >= 0.3 is 0 Å². The summed E-state index contributed by atoms with van der Waals surface area (Å²) in [4.78, 5) is 2.56. The summed E-state index contributed by atoms with van der Waals surface area (Å²) in [5.74, 6) is 2.44. The van der Waals surface area contributed by atoms with Crippen LogP contribution in [-0.2, 0) is 6.54 Å². The molecule has 1 saturated heterocycles. The molecule has 1 aliphatic rings. The molecule has 2 N–H and O–H groups in total. The maximum Gasteiger partial charge on any atom is 0.0433 e. The number of nitrogens with two attached hydrogens (primary N) is 1. The minimum atomic E-state index is 0.231. The molecule has 0 bridgehead atoms. The first-order valence-corrected chi connectivity index (χ1v) is 7.53. The summed E-state index contributed by atoms with van der Waals surface area (Å²) in [5.41, 5.74) is 7.66. The average Bonchev–Trinajstić information content (AvgIpc) is 2.87. The zero-order valence-corrected chi connectivity index (χ0v) is 11.4. The van der Waals surface area contributed by atoms with Gasteiger partial charge in [-0.05, 0) is 24.3 Å². The molecular formula is C14H22N2S. The molecular weight excluding hydrogens is 228 g/mol. The summed E-state index contributed by atoms with van der Waals surface area (Å²) in [6.07, 6.45) is 1.23. The van der Waals surface area contributed by atoms with Crippen LogP contribution in [0.3, 0.4) is 0 Å². The minimum Gasteiger partial charge on any atom is -0.329 e. The van der Waals surface area contributed by atoms with Gasteiger partial charge in [0.1, 0.15) is 0 Å². The lowest BCUT2D eigenvalue weighted by atomic mass is 9.95. The second-order valence-electron chi connectivity index (χ2n) is 4.73. The monoisotopic (exact) mass is 250 g/mol. The van der Waals surface area contributed by atoms with E-state index in [1.165, 1.54) is 23.5 Å². The van der Waals surface area contributed by atoms with Crippen molar-refractivity contribution in [1.29, 1.82) is 0 Å². The van der Waals surface area contributed by atoms with Crippen molar-refractivity contribution in [2.75, 3.05) is 24.6 Å². The van der Waals surface area contributed by atoms with Gasteiger partial charge in [0.25, 0.3) is 0 Å². The highest BCUT2D eigenvalue weighted by Crippen LogP contribution is 2.33. The van der Waals surface area contributed by atoms with Crippen molar-refractivity contribution in [3.8, 4) is 0 Å². The van der Waals surface area contributed by atoms with Crippen molar-refractivity contribution in [2.24, 2.45) is 5.73 Å². The summed E-state index contributed by atoms with van der Waals surface area (Å²) in [7, 11) is 0. The highest BCUT2D eigenvalue weighted by Gasteiger charge is 2.37. The maximum absolute atomic E-state index is 6.04. The van der Waals surface area contributed by atoms with Gasteiger partial charge in [-0.2, -0.15) is 11.8 Å². The van der Waals surface area contributed by atoms with Crippen molar-refractivity contribution in [3.05, 3.63) is 35.9 Å². The van der Waals surface area contributed by atoms with Crippen LogP contribution in [0.5, 0.6) is 0 Å².